The Bertz CT molecular complexity index is 1580. The number of carbonyl (C=O) groups is 1. The molecule has 0 saturated carbocycles. The van der Waals surface area contributed by atoms with Crippen molar-refractivity contribution in [3.63, 3.8) is 0 Å². The number of H-pyrrole nitrogens is 1. The van der Waals surface area contributed by atoms with E-state index < -0.39 is 17.1 Å². The summed E-state index contributed by atoms with van der Waals surface area (Å²) in [6, 6.07) is 20.3. The van der Waals surface area contributed by atoms with Crippen LogP contribution in [0.2, 0.25) is 0 Å². The molecule has 5 rings (SSSR count). The van der Waals surface area contributed by atoms with Gasteiger partial charge in [-0.15, -0.1) is 0 Å². The summed E-state index contributed by atoms with van der Waals surface area (Å²) in [5, 5.41) is 19.9. The number of rotatable bonds is 5. The quantitative estimate of drug-likeness (QED) is 0.327. The summed E-state index contributed by atoms with van der Waals surface area (Å²) in [5.74, 6) is -0.287. The Labute approximate surface area is 192 Å². The van der Waals surface area contributed by atoms with Crippen molar-refractivity contribution in [1.82, 2.24) is 9.97 Å². The van der Waals surface area contributed by atoms with E-state index >= 15 is 0 Å². The number of nitrogens with one attached hydrogen (secondary N) is 1. The summed E-state index contributed by atoms with van der Waals surface area (Å²) in [6.45, 7) is 1.61. The molecule has 34 heavy (non-hydrogen) atoms. The highest BCUT2D eigenvalue weighted by atomic mass is 16.4. The number of carboxylic acids is 1. The highest BCUT2D eigenvalue weighted by Gasteiger charge is 2.23. The molecule has 168 valence electrons. The van der Waals surface area contributed by atoms with Gasteiger partial charge in [0.25, 0.3) is 0 Å². The lowest BCUT2D eigenvalue weighted by molar-refractivity contribution is 0.0697. The van der Waals surface area contributed by atoms with Crippen molar-refractivity contribution < 1.29 is 23.8 Å². The first-order valence-electron chi connectivity index (χ1n) is 10.3. The van der Waals surface area contributed by atoms with Gasteiger partial charge in [-0.25, -0.2) is 9.78 Å². The SMILES string of the molecule is Cc1cc(=O)c(O)c(-c2[nH]c(-c3ccc(-c4ccccc4C(=O)O)o3)nc2-c2ccccc2)o1. The molecular formula is C26H18N2O6. The molecule has 0 amide bonds. The fourth-order valence-corrected chi connectivity index (χ4v) is 3.73. The normalized spacial score (nSPS) is 11.0. The van der Waals surface area contributed by atoms with E-state index in [1.165, 1.54) is 12.1 Å². The van der Waals surface area contributed by atoms with Crippen molar-refractivity contribution in [3.8, 4) is 51.4 Å². The molecule has 0 spiro atoms. The minimum absolute atomic E-state index is 0.0365. The second-order valence-corrected chi connectivity index (χ2v) is 7.59. The standard InChI is InChI=1S/C26H18N2O6/c1-14-13-18(29)23(30)24(33-14)22-21(15-7-3-2-4-8-15)27-25(28-22)20-12-11-19(34-20)16-9-5-6-10-17(16)26(31)32/h2-13,30H,1H3,(H,27,28)(H,31,32). The van der Waals surface area contributed by atoms with Gasteiger partial charge in [0.15, 0.2) is 17.3 Å². The molecule has 0 fully saturated rings. The van der Waals surface area contributed by atoms with Crippen molar-refractivity contribution in [2.45, 2.75) is 6.92 Å². The molecule has 0 atom stereocenters. The number of aryl methyl sites for hydroxylation is 1. The molecule has 0 aliphatic heterocycles. The number of aromatic nitrogens is 2. The molecule has 8 heteroatoms. The number of aromatic carboxylic acids is 1. The Morgan fingerprint density at radius 2 is 1.65 bits per heavy atom. The number of imidazole rings is 1. The molecule has 0 unspecified atom stereocenters. The lowest BCUT2D eigenvalue weighted by Crippen LogP contribution is -2.01. The van der Waals surface area contributed by atoms with Gasteiger partial charge in [-0.3, -0.25) is 4.79 Å². The van der Waals surface area contributed by atoms with Gasteiger partial charge in [-0.2, -0.15) is 0 Å². The zero-order valence-electron chi connectivity index (χ0n) is 17.9. The fourth-order valence-electron chi connectivity index (χ4n) is 3.73. The lowest BCUT2D eigenvalue weighted by Gasteiger charge is -2.05. The zero-order chi connectivity index (χ0) is 23.8. The summed E-state index contributed by atoms with van der Waals surface area (Å²) in [5.41, 5.74) is 1.46. The summed E-state index contributed by atoms with van der Waals surface area (Å²) in [4.78, 5) is 31.5. The molecule has 3 aromatic heterocycles. The Balaban J connectivity index is 1.67. The Hall–Kier alpha value is -4.85. The summed E-state index contributed by atoms with van der Waals surface area (Å²) in [6.07, 6.45) is 0. The van der Waals surface area contributed by atoms with E-state index in [2.05, 4.69) is 9.97 Å². The smallest absolute Gasteiger partial charge is 0.336 e. The van der Waals surface area contributed by atoms with Crippen LogP contribution in [0.5, 0.6) is 5.75 Å². The monoisotopic (exact) mass is 454 g/mol. The first kappa shape index (κ1) is 21.0. The first-order valence-corrected chi connectivity index (χ1v) is 10.3. The maximum atomic E-state index is 12.2. The zero-order valence-corrected chi connectivity index (χ0v) is 17.9. The topological polar surface area (TPSA) is 130 Å². The van der Waals surface area contributed by atoms with E-state index in [0.717, 1.165) is 5.56 Å². The number of nitrogens with zero attached hydrogens (tertiary/aromatic N) is 1. The van der Waals surface area contributed by atoms with Crippen molar-refractivity contribution in [2.24, 2.45) is 0 Å². The van der Waals surface area contributed by atoms with Crippen molar-refractivity contribution in [3.05, 3.63) is 94.3 Å². The second-order valence-electron chi connectivity index (χ2n) is 7.59. The molecule has 0 bridgehead atoms. The molecule has 3 heterocycles. The van der Waals surface area contributed by atoms with Gasteiger partial charge in [0.2, 0.25) is 11.2 Å². The van der Waals surface area contributed by atoms with E-state index in [9.17, 15) is 19.8 Å². The van der Waals surface area contributed by atoms with Crippen LogP contribution in [0.15, 0.2) is 86.4 Å². The molecule has 2 aromatic carbocycles. The third-order valence-electron chi connectivity index (χ3n) is 5.29. The van der Waals surface area contributed by atoms with Gasteiger partial charge in [0, 0.05) is 17.2 Å². The minimum atomic E-state index is -1.06. The number of aromatic hydroxyl groups is 1. The number of benzene rings is 2. The lowest BCUT2D eigenvalue weighted by atomic mass is 10.1. The largest absolute Gasteiger partial charge is 0.501 e. The molecule has 5 aromatic rings. The number of furan rings is 1. The van der Waals surface area contributed by atoms with Crippen molar-refractivity contribution in [1.29, 1.82) is 0 Å². The number of carboxylic acid groups (broad SMARTS) is 1. The van der Waals surface area contributed by atoms with E-state index in [4.69, 9.17) is 8.83 Å². The maximum Gasteiger partial charge on any atom is 0.336 e. The third kappa shape index (κ3) is 3.67. The third-order valence-corrected chi connectivity index (χ3v) is 5.29. The number of hydrogen-bond acceptors (Lipinski definition) is 6. The maximum absolute atomic E-state index is 12.2. The van der Waals surface area contributed by atoms with Crippen LogP contribution in [0.1, 0.15) is 16.1 Å². The van der Waals surface area contributed by atoms with Crippen LogP contribution in [0, 0.1) is 6.92 Å². The average molecular weight is 454 g/mol. The van der Waals surface area contributed by atoms with Crippen LogP contribution in [0.4, 0.5) is 0 Å². The van der Waals surface area contributed by atoms with Crippen LogP contribution in [0.25, 0.3) is 45.6 Å². The van der Waals surface area contributed by atoms with E-state index in [-0.39, 0.29) is 11.3 Å². The second kappa shape index (κ2) is 8.25. The van der Waals surface area contributed by atoms with E-state index in [0.29, 0.717) is 40.1 Å². The van der Waals surface area contributed by atoms with Gasteiger partial charge >= 0.3 is 5.97 Å². The molecule has 0 aliphatic carbocycles. The molecule has 0 radical (unpaired) electrons. The van der Waals surface area contributed by atoms with Gasteiger partial charge in [0.1, 0.15) is 22.9 Å². The summed E-state index contributed by atoms with van der Waals surface area (Å²) < 4.78 is 11.6. The highest BCUT2D eigenvalue weighted by molar-refractivity contribution is 5.95. The van der Waals surface area contributed by atoms with Crippen molar-refractivity contribution >= 4 is 5.97 Å². The van der Waals surface area contributed by atoms with Crippen molar-refractivity contribution in [2.75, 3.05) is 0 Å². The Morgan fingerprint density at radius 1 is 0.941 bits per heavy atom. The van der Waals surface area contributed by atoms with Crippen LogP contribution in [-0.4, -0.2) is 26.2 Å². The van der Waals surface area contributed by atoms with Crippen LogP contribution in [-0.2, 0) is 0 Å². The van der Waals surface area contributed by atoms with Gasteiger partial charge in [-0.05, 0) is 25.1 Å². The average Bonchev–Trinajstić information content (AvgIpc) is 3.50. The first-order chi connectivity index (χ1) is 16.4. The summed E-state index contributed by atoms with van der Waals surface area (Å²) in [7, 11) is 0. The molecule has 8 nitrogen and oxygen atoms in total. The minimum Gasteiger partial charge on any atom is -0.501 e. The predicted octanol–water partition coefficient (Wildman–Crippen LogP) is 5.34. The number of aromatic amines is 1. The predicted molar refractivity (Wildman–Crippen MR) is 124 cm³/mol. The fraction of sp³-hybridized carbons (Fsp3) is 0.0385. The van der Waals surface area contributed by atoms with Gasteiger partial charge < -0.3 is 24.0 Å². The summed E-state index contributed by atoms with van der Waals surface area (Å²) >= 11 is 0. The van der Waals surface area contributed by atoms with E-state index in [1.54, 1.807) is 37.3 Å². The molecular weight excluding hydrogens is 436 g/mol. The Kier molecular flexibility index (Phi) is 5.10. The molecule has 0 saturated heterocycles. The molecule has 0 aliphatic rings. The van der Waals surface area contributed by atoms with Gasteiger partial charge in [0.05, 0.1) is 5.56 Å². The van der Waals surface area contributed by atoms with Gasteiger partial charge in [-0.1, -0.05) is 48.5 Å². The molecule has 3 N–H and O–H groups in total. The number of hydrogen-bond donors (Lipinski definition) is 3. The highest BCUT2D eigenvalue weighted by Crippen LogP contribution is 2.37. The van der Waals surface area contributed by atoms with E-state index in [1.807, 2.05) is 30.3 Å². The van der Waals surface area contributed by atoms with Crippen LogP contribution >= 0.6 is 0 Å². The Morgan fingerprint density at radius 3 is 2.41 bits per heavy atom. The van der Waals surface area contributed by atoms with Crippen LogP contribution < -0.4 is 5.43 Å². The van der Waals surface area contributed by atoms with Crippen LogP contribution in [0.3, 0.4) is 0 Å².